The van der Waals surface area contributed by atoms with E-state index in [0.29, 0.717) is 0 Å². The zero-order valence-electron chi connectivity index (χ0n) is 14.5. The SMILES string of the molecule is CCCCCCCCN1CC(CC(C)C)NCC1CC. The zero-order valence-corrected chi connectivity index (χ0v) is 14.5. The van der Waals surface area contributed by atoms with Crippen molar-refractivity contribution < 1.29 is 0 Å². The van der Waals surface area contributed by atoms with Crippen LogP contribution in [0.25, 0.3) is 0 Å². The van der Waals surface area contributed by atoms with Crippen LogP contribution in [-0.4, -0.2) is 36.6 Å². The van der Waals surface area contributed by atoms with Gasteiger partial charge in [-0.05, 0) is 31.7 Å². The molecule has 0 aliphatic carbocycles. The lowest BCUT2D eigenvalue weighted by molar-refractivity contribution is 0.116. The lowest BCUT2D eigenvalue weighted by Gasteiger charge is -2.40. The van der Waals surface area contributed by atoms with E-state index in [4.69, 9.17) is 0 Å². The summed E-state index contributed by atoms with van der Waals surface area (Å²) >= 11 is 0. The fourth-order valence-corrected chi connectivity index (χ4v) is 3.43. The van der Waals surface area contributed by atoms with Gasteiger partial charge in [0.25, 0.3) is 0 Å². The van der Waals surface area contributed by atoms with E-state index in [2.05, 4.69) is 37.9 Å². The largest absolute Gasteiger partial charge is 0.311 e. The third-order valence-corrected chi connectivity index (χ3v) is 4.64. The molecule has 0 aromatic carbocycles. The molecule has 1 aliphatic heterocycles. The van der Waals surface area contributed by atoms with Crippen LogP contribution in [0.15, 0.2) is 0 Å². The van der Waals surface area contributed by atoms with Gasteiger partial charge in [-0.3, -0.25) is 4.90 Å². The van der Waals surface area contributed by atoms with Crippen molar-refractivity contribution >= 4 is 0 Å². The first kappa shape index (κ1) is 18.0. The average Bonchev–Trinajstić information content (AvgIpc) is 2.42. The Hall–Kier alpha value is -0.0800. The van der Waals surface area contributed by atoms with Crippen molar-refractivity contribution in [1.82, 2.24) is 10.2 Å². The molecular formula is C18H38N2. The Morgan fingerprint density at radius 1 is 1.05 bits per heavy atom. The number of piperazine rings is 1. The normalized spacial score (nSPS) is 24.4. The molecule has 0 aromatic rings. The van der Waals surface area contributed by atoms with Crippen LogP contribution in [0.5, 0.6) is 0 Å². The molecule has 1 saturated heterocycles. The van der Waals surface area contributed by atoms with Crippen LogP contribution < -0.4 is 5.32 Å². The van der Waals surface area contributed by atoms with Crippen molar-refractivity contribution in [3.63, 3.8) is 0 Å². The quantitative estimate of drug-likeness (QED) is 0.596. The highest BCUT2D eigenvalue weighted by atomic mass is 15.2. The van der Waals surface area contributed by atoms with Gasteiger partial charge in [-0.1, -0.05) is 59.8 Å². The van der Waals surface area contributed by atoms with Crippen LogP contribution in [-0.2, 0) is 0 Å². The smallest absolute Gasteiger partial charge is 0.0218 e. The fourth-order valence-electron chi connectivity index (χ4n) is 3.43. The first-order chi connectivity index (χ1) is 9.67. The van der Waals surface area contributed by atoms with Gasteiger partial charge in [0, 0.05) is 25.2 Å². The van der Waals surface area contributed by atoms with Crippen LogP contribution in [0.2, 0.25) is 0 Å². The molecule has 1 fully saturated rings. The molecule has 120 valence electrons. The Labute approximate surface area is 127 Å². The van der Waals surface area contributed by atoms with E-state index in [0.717, 1.165) is 18.0 Å². The summed E-state index contributed by atoms with van der Waals surface area (Å²) in [5, 5.41) is 3.76. The fraction of sp³-hybridized carbons (Fsp3) is 1.00. The second-order valence-corrected chi connectivity index (χ2v) is 7.06. The summed E-state index contributed by atoms with van der Waals surface area (Å²) < 4.78 is 0. The molecule has 2 atom stereocenters. The molecule has 0 aromatic heterocycles. The number of nitrogens with one attached hydrogen (secondary N) is 1. The molecule has 0 bridgehead atoms. The van der Waals surface area contributed by atoms with Gasteiger partial charge in [0.05, 0.1) is 0 Å². The molecule has 20 heavy (non-hydrogen) atoms. The van der Waals surface area contributed by atoms with Crippen molar-refractivity contribution in [2.45, 2.75) is 91.1 Å². The Bertz CT molecular complexity index is 227. The summed E-state index contributed by atoms with van der Waals surface area (Å²) in [5.74, 6) is 0.807. The van der Waals surface area contributed by atoms with Crippen molar-refractivity contribution in [1.29, 1.82) is 0 Å². The predicted molar refractivity (Wildman–Crippen MR) is 90.3 cm³/mol. The topological polar surface area (TPSA) is 15.3 Å². The van der Waals surface area contributed by atoms with Crippen molar-refractivity contribution in [2.75, 3.05) is 19.6 Å². The highest BCUT2D eigenvalue weighted by Gasteiger charge is 2.26. The summed E-state index contributed by atoms with van der Waals surface area (Å²) in [6.45, 7) is 13.1. The predicted octanol–water partition coefficient (Wildman–Crippen LogP) is 4.45. The van der Waals surface area contributed by atoms with Gasteiger partial charge in [0.15, 0.2) is 0 Å². The highest BCUT2D eigenvalue weighted by Crippen LogP contribution is 2.16. The van der Waals surface area contributed by atoms with Crippen LogP contribution in [0, 0.1) is 5.92 Å². The van der Waals surface area contributed by atoms with E-state index in [1.165, 1.54) is 71.0 Å². The first-order valence-corrected chi connectivity index (χ1v) is 9.14. The van der Waals surface area contributed by atoms with Crippen LogP contribution in [0.4, 0.5) is 0 Å². The van der Waals surface area contributed by atoms with E-state index < -0.39 is 0 Å². The van der Waals surface area contributed by atoms with Gasteiger partial charge in [-0.25, -0.2) is 0 Å². The molecule has 1 rings (SSSR count). The summed E-state index contributed by atoms with van der Waals surface area (Å²) in [5.41, 5.74) is 0. The van der Waals surface area contributed by atoms with Gasteiger partial charge in [-0.15, -0.1) is 0 Å². The maximum atomic E-state index is 3.76. The number of hydrogen-bond donors (Lipinski definition) is 1. The minimum absolute atomic E-state index is 0.720. The molecule has 0 saturated carbocycles. The molecule has 0 amide bonds. The van der Waals surface area contributed by atoms with E-state index in [-0.39, 0.29) is 0 Å². The maximum absolute atomic E-state index is 3.76. The molecule has 1 aliphatic rings. The minimum Gasteiger partial charge on any atom is -0.311 e. The molecule has 2 unspecified atom stereocenters. The van der Waals surface area contributed by atoms with Crippen molar-refractivity contribution in [3.05, 3.63) is 0 Å². The van der Waals surface area contributed by atoms with E-state index in [1.807, 2.05) is 0 Å². The molecule has 0 spiro atoms. The second-order valence-electron chi connectivity index (χ2n) is 7.06. The Balaban J connectivity index is 2.24. The lowest BCUT2D eigenvalue weighted by atomic mass is 9.98. The van der Waals surface area contributed by atoms with E-state index >= 15 is 0 Å². The van der Waals surface area contributed by atoms with E-state index in [9.17, 15) is 0 Å². The maximum Gasteiger partial charge on any atom is 0.0218 e. The number of rotatable bonds is 10. The highest BCUT2D eigenvalue weighted by molar-refractivity contribution is 4.85. The van der Waals surface area contributed by atoms with Crippen molar-refractivity contribution in [2.24, 2.45) is 5.92 Å². The molecular weight excluding hydrogens is 244 g/mol. The van der Waals surface area contributed by atoms with Gasteiger partial charge in [-0.2, -0.15) is 0 Å². The Kier molecular flexibility index (Phi) is 9.54. The molecule has 2 nitrogen and oxygen atoms in total. The molecule has 0 radical (unpaired) electrons. The third kappa shape index (κ3) is 7.08. The van der Waals surface area contributed by atoms with Gasteiger partial charge in [0.1, 0.15) is 0 Å². The molecule has 1 heterocycles. The molecule has 2 heteroatoms. The zero-order chi connectivity index (χ0) is 14.8. The number of hydrogen-bond acceptors (Lipinski definition) is 2. The van der Waals surface area contributed by atoms with Gasteiger partial charge >= 0.3 is 0 Å². The molecule has 1 N–H and O–H groups in total. The summed E-state index contributed by atoms with van der Waals surface area (Å²) in [6.07, 6.45) is 11.1. The summed E-state index contributed by atoms with van der Waals surface area (Å²) in [6, 6.07) is 1.49. The minimum atomic E-state index is 0.720. The second kappa shape index (κ2) is 10.6. The number of unbranched alkanes of at least 4 members (excludes halogenated alkanes) is 5. The lowest BCUT2D eigenvalue weighted by Crippen LogP contribution is -2.56. The Morgan fingerprint density at radius 2 is 1.75 bits per heavy atom. The van der Waals surface area contributed by atoms with Gasteiger partial charge in [0.2, 0.25) is 0 Å². The average molecular weight is 283 g/mol. The Morgan fingerprint density at radius 3 is 2.40 bits per heavy atom. The van der Waals surface area contributed by atoms with Crippen molar-refractivity contribution in [3.8, 4) is 0 Å². The first-order valence-electron chi connectivity index (χ1n) is 9.14. The standard InChI is InChI=1S/C18H38N2/c1-5-7-8-9-10-11-12-20-15-17(13-16(3)4)19-14-18(20)6-2/h16-19H,5-15H2,1-4H3. The monoisotopic (exact) mass is 282 g/mol. The number of nitrogens with zero attached hydrogens (tertiary/aromatic N) is 1. The third-order valence-electron chi connectivity index (χ3n) is 4.64. The van der Waals surface area contributed by atoms with Gasteiger partial charge < -0.3 is 5.32 Å². The van der Waals surface area contributed by atoms with E-state index in [1.54, 1.807) is 0 Å². The van der Waals surface area contributed by atoms with Crippen LogP contribution in [0.1, 0.15) is 79.1 Å². The van der Waals surface area contributed by atoms with Crippen LogP contribution >= 0.6 is 0 Å². The summed E-state index contributed by atoms with van der Waals surface area (Å²) in [7, 11) is 0. The summed E-state index contributed by atoms with van der Waals surface area (Å²) in [4.78, 5) is 2.77. The van der Waals surface area contributed by atoms with Crippen LogP contribution in [0.3, 0.4) is 0 Å².